The van der Waals surface area contributed by atoms with Gasteiger partial charge in [0.1, 0.15) is 5.75 Å². The fourth-order valence-electron chi connectivity index (χ4n) is 3.24. The first kappa shape index (κ1) is 19.7. The third-order valence-electron chi connectivity index (χ3n) is 4.80. The van der Waals surface area contributed by atoms with Gasteiger partial charge in [-0.2, -0.15) is 5.10 Å². The minimum Gasteiger partial charge on any atom is -0.439 e. The molecule has 0 saturated heterocycles. The van der Waals surface area contributed by atoms with E-state index in [4.69, 9.17) is 9.84 Å². The summed E-state index contributed by atoms with van der Waals surface area (Å²) >= 11 is 0. The van der Waals surface area contributed by atoms with Gasteiger partial charge in [-0.15, -0.1) is 0 Å². The van der Waals surface area contributed by atoms with Gasteiger partial charge >= 0.3 is 0 Å². The van der Waals surface area contributed by atoms with Crippen LogP contribution >= 0.6 is 0 Å². The van der Waals surface area contributed by atoms with Crippen molar-refractivity contribution in [2.75, 3.05) is 13.1 Å². The van der Waals surface area contributed by atoms with Crippen LogP contribution in [-0.2, 0) is 11.2 Å². The summed E-state index contributed by atoms with van der Waals surface area (Å²) in [6, 6.07) is 19.6. The molecule has 0 spiro atoms. The number of nitrogens with zero attached hydrogens (tertiary/aromatic N) is 3. The summed E-state index contributed by atoms with van der Waals surface area (Å²) in [5, 5.41) is 4.71. The predicted octanol–water partition coefficient (Wildman–Crippen LogP) is 4.77. The van der Waals surface area contributed by atoms with E-state index in [2.05, 4.69) is 0 Å². The van der Waals surface area contributed by atoms with Gasteiger partial charge in [0.15, 0.2) is 0 Å². The molecule has 0 aliphatic rings. The molecule has 0 radical (unpaired) electrons. The molecular weight excluding hydrogens is 350 g/mol. The number of para-hydroxylation sites is 2. The van der Waals surface area contributed by atoms with Gasteiger partial charge in [0.25, 0.3) is 0 Å². The van der Waals surface area contributed by atoms with E-state index in [-0.39, 0.29) is 5.91 Å². The van der Waals surface area contributed by atoms with Crippen molar-refractivity contribution in [2.45, 2.75) is 33.6 Å². The van der Waals surface area contributed by atoms with Crippen molar-refractivity contribution in [3.8, 4) is 17.3 Å². The third-order valence-corrected chi connectivity index (χ3v) is 4.80. The molecule has 5 heteroatoms. The Hall–Kier alpha value is -3.08. The van der Waals surface area contributed by atoms with Crippen LogP contribution in [0.1, 0.15) is 31.5 Å². The second kappa shape index (κ2) is 9.22. The summed E-state index contributed by atoms with van der Waals surface area (Å²) < 4.78 is 8.06. The third kappa shape index (κ3) is 4.42. The molecule has 1 amide bonds. The van der Waals surface area contributed by atoms with Crippen molar-refractivity contribution in [3.05, 3.63) is 71.9 Å². The Balaban J connectivity index is 1.94. The highest BCUT2D eigenvalue weighted by Gasteiger charge is 2.20. The van der Waals surface area contributed by atoms with Crippen molar-refractivity contribution in [2.24, 2.45) is 0 Å². The number of carbonyl (C=O) groups is 1. The summed E-state index contributed by atoms with van der Waals surface area (Å²) in [6.45, 7) is 7.43. The first-order valence-corrected chi connectivity index (χ1v) is 9.78. The Labute approximate surface area is 166 Å². The number of aryl methyl sites for hydroxylation is 1. The summed E-state index contributed by atoms with van der Waals surface area (Å²) in [5.41, 5.74) is 2.77. The van der Waals surface area contributed by atoms with Gasteiger partial charge in [0, 0.05) is 25.1 Å². The minimum absolute atomic E-state index is 0.155. The highest BCUT2D eigenvalue weighted by molar-refractivity contribution is 5.76. The molecule has 3 rings (SSSR count). The molecule has 0 atom stereocenters. The van der Waals surface area contributed by atoms with E-state index in [1.54, 1.807) is 0 Å². The second-order valence-electron chi connectivity index (χ2n) is 6.60. The normalized spacial score (nSPS) is 10.7. The zero-order valence-corrected chi connectivity index (χ0v) is 16.8. The first-order chi connectivity index (χ1) is 13.6. The molecule has 0 saturated carbocycles. The van der Waals surface area contributed by atoms with Crippen molar-refractivity contribution >= 4 is 5.91 Å². The van der Waals surface area contributed by atoms with Crippen LogP contribution in [0.15, 0.2) is 60.7 Å². The van der Waals surface area contributed by atoms with E-state index >= 15 is 0 Å². The number of amides is 1. The highest BCUT2D eigenvalue weighted by atomic mass is 16.5. The van der Waals surface area contributed by atoms with E-state index < -0.39 is 0 Å². The lowest BCUT2D eigenvalue weighted by Crippen LogP contribution is -2.30. The SMILES string of the molecule is CCN(CC)C(=O)CCc1c(C)nn(-c2ccccc2)c1Oc1ccccc1. The summed E-state index contributed by atoms with van der Waals surface area (Å²) in [7, 11) is 0. The van der Waals surface area contributed by atoms with E-state index in [1.807, 2.05) is 91.0 Å². The van der Waals surface area contributed by atoms with Crippen LogP contribution in [0.4, 0.5) is 0 Å². The fraction of sp³-hybridized carbons (Fsp3) is 0.304. The van der Waals surface area contributed by atoms with Gasteiger partial charge in [0.05, 0.1) is 11.4 Å². The number of carbonyl (C=O) groups excluding carboxylic acids is 1. The zero-order valence-electron chi connectivity index (χ0n) is 16.8. The molecule has 1 aromatic heterocycles. The number of aromatic nitrogens is 2. The Morgan fingerprint density at radius 3 is 2.21 bits per heavy atom. The van der Waals surface area contributed by atoms with E-state index in [0.717, 1.165) is 35.8 Å². The number of hydrogen-bond donors (Lipinski definition) is 0. The number of hydrogen-bond acceptors (Lipinski definition) is 3. The van der Waals surface area contributed by atoms with Crippen LogP contribution in [0.5, 0.6) is 11.6 Å². The molecular formula is C23H27N3O2. The minimum atomic E-state index is 0.155. The van der Waals surface area contributed by atoms with E-state index in [9.17, 15) is 4.79 Å². The summed E-state index contributed by atoms with van der Waals surface area (Å²) in [4.78, 5) is 14.4. The quantitative estimate of drug-likeness (QED) is 0.568. The van der Waals surface area contributed by atoms with Crippen LogP contribution in [0.25, 0.3) is 5.69 Å². The standard InChI is InChI=1S/C23H27N3O2/c1-4-25(5-2)22(27)17-16-21-18(3)24-26(19-12-8-6-9-13-19)23(21)28-20-14-10-7-11-15-20/h6-15H,4-5,16-17H2,1-3H3. The zero-order chi connectivity index (χ0) is 19.9. The molecule has 0 aliphatic heterocycles. The molecule has 1 heterocycles. The average Bonchev–Trinajstić information content (AvgIpc) is 3.04. The van der Waals surface area contributed by atoms with Crippen LogP contribution in [-0.4, -0.2) is 33.7 Å². The lowest BCUT2D eigenvalue weighted by atomic mass is 10.1. The molecule has 0 unspecified atom stereocenters. The lowest BCUT2D eigenvalue weighted by Gasteiger charge is -2.18. The summed E-state index contributed by atoms with van der Waals surface area (Å²) in [6.07, 6.45) is 1.03. The first-order valence-electron chi connectivity index (χ1n) is 9.78. The Kier molecular flexibility index (Phi) is 6.48. The van der Waals surface area contributed by atoms with Crippen molar-refractivity contribution in [3.63, 3.8) is 0 Å². The maximum atomic E-state index is 12.5. The van der Waals surface area contributed by atoms with Gasteiger partial charge in [0.2, 0.25) is 11.8 Å². The Bertz CT molecular complexity index is 900. The molecule has 0 aliphatic carbocycles. The molecule has 146 valence electrons. The van der Waals surface area contributed by atoms with E-state index in [1.165, 1.54) is 0 Å². The van der Waals surface area contributed by atoms with Crippen LogP contribution in [0.2, 0.25) is 0 Å². The number of ether oxygens (including phenoxy) is 1. The van der Waals surface area contributed by atoms with Gasteiger partial charge in [-0.25, -0.2) is 4.68 Å². The van der Waals surface area contributed by atoms with Gasteiger partial charge in [-0.3, -0.25) is 4.79 Å². The highest BCUT2D eigenvalue weighted by Crippen LogP contribution is 2.31. The number of benzene rings is 2. The molecule has 3 aromatic rings. The van der Waals surface area contributed by atoms with Crippen LogP contribution in [0.3, 0.4) is 0 Å². The summed E-state index contributed by atoms with van der Waals surface area (Å²) in [5.74, 6) is 1.57. The second-order valence-corrected chi connectivity index (χ2v) is 6.60. The molecule has 2 aromatic carbocycles. The van der Waals surface area contributed by atoms with Crippen molar-refractivity contribution < 1.29 is 9.53 Å². The van der Waals surface area contributed by atoms with Gasteiger partial charge < -0.3 is 9.64 Å². The van der Waals surface area contributed by atoms with E-state index in [0.29, 0.717) is 18.7 Å². The van der Waals surface area contributed by atoms with Crippen molar-refractivity contribution in [1.29, 1.82) is 0 Å². The maximum Gasteiger partial charge on any atom is 0.226 e. The van der Waals surface area contributed by atoms with Crippen LogP contribution < -0.4 is 4.74 Å². The molecule has 28 heavy (non-hydrogen) atoms. The molecule has 5 nitrogen and oxygen atoms in total. The van der Waals surface area contributed by atoms with Crippen LogP contribution in [0, 0.1) is 6.92 Å². The molecule has 0 N–H and O–H groups in total. The smallest absolute Gasteiger partial charge is 0.226 e. The Morgan fingerprint density at radius 1 is 1.00 bits per heavy atom. The maximum absolute atomic E-state index is 12.5. The molecule has 0 fully saturated rings. The topological polar surface area (TPSA) is 47.4 Å². The average molecular weight is 377 g/mol. The Morgan fingerprint density at radius 2 is 1.61 bits per heavy atom. The largest absolute Gasteiger partial charge is 0.439 e. The van der Waals surface area contributed by atoms with Crippen molar-refractivity contribution in [1.82, 2.24) is 14.7 Å². The van der Waals surface area contributed by atoms with Gasteiger partial charge in [-0.05, 0) is 51.5 Å². The molecule has 0 bridgehead atoms. The number of rotatable bonds is 8. The fourth-order valence-corrected chi connectivity index (χ4v) is 3.24. The van der Waals surface area contributed by atoms with Gasteiger partial charge in [-0.1, -0.05) is 36.4 Å². The monoisotopic (exact) mass is 377 g/mol. The lowest BCUT2D eigenvalue weighted by molar-refractivity contribution is -0.130. The predicted molar refractivity (Wildman–Crippen MR) is 111 cm³/mol.